The van der Waals surface area contributed by atoms with Crippen molar-refractivity contribution in [1.29, 1.82) is 0 Å². The van der Waals surface area contributed by atoms with E-state index in [1.807, 2.05) is 20.8 Å². The molecule has 0 bridgehead atoms. The summed E-state index contributed by atoms with van der Waals surface area (Å²) in [4.78, 5) is 25.1. The van der Waals surface area contributed by atoms with Crippen LogP contribution in [0.5, 0.6) is 0 Å². The lowest BCUT2D eigenvalue weighted by atomic mass is 9.86. The molecule has 0 spiro atoms. The van der Waals surface area contributed by atoms with Crippen molar-refractivity contribution in [3.8, 4) is 0 Å². The van der Waals surface area contributed by atoms with Crippen LogP contribution in [0.4, 0.5) is 0 Å². The summed E-state index contributed by atoms with van der Waals surface area (Å²) in [7, 11) is 0. The molecule has 0 radical (unpaired) electrons. The summed E-state index contributed by atoms with van der Waals surface area (Å²) in [6, 6.07) is -1.37. The standard InChI is InChI=1S/C13H24N2O3/c1-13(2,3)10(14)11(16)15-8-6-4-5-7-9(15)12(17)18/h9-10H,4-8,14H2,1-3H3,(H,17,18)/t9?,10-/m1/s1. The van der Waals surface area contributed by atoms with E-state index in [0.717, 1.165) is 19.3 Å². The number of likely N-dealkylation sites (tertiary alicyclic amines) is 1. The average molecular weight is 256 g/mol. The second-order valence-electron chi connectivity index (χ2n) is 6.08. The molecule has 0 aromatic rings. The first kappa shape index (κ1) is 15.0. The van der Waals surface area contributed by atoms with E-state index in [-0.39, 0.29) is 11.3 Å². The number of nitrogens with two attached hydrogens (primary N) is 1. The van der Waals surface area contributed by atoms with Crippen LogP contribution in [0.2, 0.25) is 0 Å². The van der Waals surface area contributed by atoms with Crippen LogP contribution in [0, 0.1) is 5.41 Å². The number of hydrogen-bond donors (Lipinski definition) is 2. The van der Waals surface area contributed by atoms with Crippen molar-refractivity contribution in [2.24, 2.45) is 11.1 Å². The zero-order chi connectivity index (χ0) is 13.9. The SMILES string of the molecule is CC(C)(C)[C@H](N)C(=O)N1CCCCCC1C(=O)O. The van der Waals surface area contributed by atoms with E-state index in [4.69, 9.17) is 5.73 Å². The van der Waals surface area contributed by atoms with Crippen LogP contribution in [0.25, 0.3) is 0 Å². The summed E-state index contributed by atoms with van der Waals surface area (Å²) in [6.45, 7) is 6.18. The van der Waals surface area contributed by atoms with E-state index in [1.54, 1.807) is 0 Å². The number of amides is 1. The first-order chi connectivity index (χ1) is 8.25. The number of nitrogens with zero attached hydrogens (tertiary/aromatic N) is 1. The minimum absolute atomic E-state index is 0.239. The van der Waals surface area contributed by atoms with Crippen molar-refractivity contribution < 1.29 is 14.7 Å². The predicted molar refractivity (Wildman–Crippen MR) is 69.0 cm³/mol. The van der Waals surface area contributed by atoms with E-state index < -0.39 is 18.1 Å². The fourth-order valence-corrected chi connectivity index (χ4v) is 2.18. The van der Waals surface area contributed by atoms with Crippen LogP contribution in [0.1, 0.15) is 46.5 Å². The van der Waals surface area contributed by atoms with Gasteiger partial charge in [-0.05, 0) is 18.3 Å². The van der Waals surface area contributed by atoms with Gasteiger partial charge in [0.25, 0.3) is 0 Å². The van der Waals surface area contributed by atoms with Crippen molar-refractivity contribution in [3.63, 3.8) is 0 Å². The highest BCUT2D eigenvalue weighted by molar-refractivity contribution is 5.87. The summed E-state index contributed by atoms with van der Waals surface area (Å²) in [5, 5.41) is 9.23. The van der Waals surface area contributed by atoms with Gasteiger partial charge in [0.1, 0.15) is 6.04 Å². The predicted octanol–water partition coefficient (Wildman–Crippen LogP) is 1.22. The molecule has 1 aliphatic heterocycles. The lowest BCUT2D eigenvalue weighted by molar-refractivity contribution is -0.151. The highest BCUT2D eigenvalue weighted by Crippen LogP contribution is 2.23. The minimum Gasteiger partial charge on any atom is -0.480 e. The first-order valence-corrected chi connectivity index (χ1v) is 6.54. The maximum atomic E-state index is 12.3. The van der Waals surface area contributed by atoms with E-state index in [2.05, 4.69) is 0 Å². The van der Waals surface area contributed by atoms with Gasteiger partial charge in [0.05, 0.1) is 6.04 Å². The molecule has 0 aliphatic carbocycles. The van der Waals surface area contributed by atoms with Gasteiger partial charge in [-0.1, -0.05) is 33.6 Å². The Balaban J connectivity index is 2.88. The topological polar surface area (TPSA) is 83.6 Å². The summed E-state index contributed by atoms with van der Waals surface area (Å²) >= 11 is 0. The van der Waals surface area contributed by atoms with Crippen molar-refractivity contribution in [1.82, 2.24) is 4.90 Å². The number of hydrogen-bond acceptors (Lipinski definition) is 3. The molecule has 3 N–H and O–H groups in total. The maximum absolute atomic E-state index is 12.3. The van der Waals surface area contributed by atoms with Gasteiger partial charge >= 0.3 is 5.97 Å². The van der Waals surface area contributed by atoms with E-state index >= 15 is 0 Å². The van der Waals surface area contributed by atoms with Crippen LogP contribution < -0.4 is 5.73 Å². The summed E-state index contributed by atoms with van der Waals surface area (Å²) in [5.74, 6) is -1.16. The average Bonchev–Trinajstić information content (AvgIpc) is 2.50. The van der Waals surface area contributed by atoms with Crippen LogP contribution >= 0.6 is 0 Å². The monoisotopic (exact) mass is 256 g/mol. The molecule has 104 valence electrons. The van der Waals surface area contributed by atoms with Crippen molar-refractivity contribution in [2.75, 3.05) is 6.54 Å². The molecule has 1 fully saturated rings. The van der Waals surface area contributed by atoms with E-state index in [9.17, 15) is 14.7 Å². The van der Waals surface area contributed by atoms with Crippen molar-refractivity contribution in [3.05, 3.63) is 0 Å². The minimum atomic E-state index is -0.925. The largest absolute Gasteiger partial charge is 0.480 e. The van der Waals surface area contributed by atoms with Gasteiger partial charge in [0, 0.05) is 6.54 Å². The second kappa shape index (κ2) is 5.69. The summed E-state index contributed by atoms with van der Waals surface area (Å²) in [6.07, 6.45) is 3.20. The molecule has 0 saturated carbocycles. The molecule has 1 unspecified atom stereocenters. The molecular formula is C13H24N2O3. The molecule has 1 aliphatic rings. The Morgan fingerprint density at radius 1 is 1.28 bits per heavy atom. The molecule has 1 heterocycles. The smallest absolute Gasteiger partial charge is 0.326 e. The highest BCUT2D eigenvalue weighted by Gasteiger charge is 2.37. The Morgan fingerprint density at radius 2 is 1.89 bits per heavy atom. The van der Waals surface area contributed by atoms with Gasteiger partial charge in [-0.2, -0.15) is 0 Å². The van der Waals surface area contributed by atoms with Crippen LogP contribution in [0.3, 0.4) is 0 Å². The summed E-state index contributed by atoms with van der Waals surface area (Å²) < 4.78 is 0. The normalized spacial score (nSPS) is 23.3. The molecule has 0 aromatic carbocycles. The van der Waals surface area contributed by atoms with Crippen molar-refractivity contribution in [2.45, 2.75) is 58.5 Å². The quantitative estimate of drug-likeness (QED) is 0.778. The molecule has 1 amide bonds. The number of aliphatic carboxylic acids is 1. The Kier molecular flexibility index (Phi) is 4.73. The van der Waals surface area contributed by atoms with Crippen LogP contribution in [0.15, 0.2) is 0 Å². The number of carboxylic acids is 1. The van der Waals surface area contributed by atoms with Gasteiger partial charge < -0.3 is 15.7 Å². The van der Waals surface area contributed by atoms with E-state index in [1.165, 1.54) is 4.90 Å². The van der Waals surface area contributed by atoms with Gasteiger partial charge in [-0.15, -0.1) is 0 Å². The van der Waals surface area contributed by atoms with Gasteiger partial charge in [0.2, 0.25) is 5.91 Å². The fourth-order valence-electron chi connectivity index (χ4n) is 2.18. The maximum Gasteiger partial charge on any atom is 0.326 e. The molecule has 5 nitrogen and oxygen atoms in total. The van der Waals surface area contributed by atoms with Crippen LogP contribution in [-0.4, -0.2) is 40.5 Å². The number of rotatable bonds is 2. The molecular weight excluding hydrogens is 232 g/mol. The Hall–Kier alpha value is -1.10. The van der Waals surface area contributed by atoms with Crippen LogP contribution in [-0.2, 0) is 9.59 Å². The first-order valence-electron chi connectivity index (χ1n) is 6.54. The third-order valence-corrected chi connectivity index (χ3v) is 3.52. The lowest BCUT2D eigenvalue weighted by Gasteiger charge is -2.34. The number of carbonyl (C=O) groups excluding carboxylic acids is 1. The number of carboxylic acid groups (broad SMARTS) is 1. The number of carbonyl (C=O) groups is 2. The third kappa shape index (κ3) is 3.45. The Bertz CT molecular complexity index is 323. The van der Waals surface area contributed by atoms with E-state index in [0.29, 0.717) is 13.0 Å². The third-order valence-electron chi connectivity index (χ3n) is 3.52. The fraction of sp³-hybridized carbons (Fsp3) is 0.846. The zero-order valence-corrected chi connectivity index (χ0v) is 11.5. The zero-order valence-electron chi connectivity index (χ0n) is 11.5. The van der Waals surface area contributed by atoms with Gasteiger partial charge in [-0.3, -0.25) is 4.79 Å². The second-order valence-corrected chi connectivity index (χ2v) is 6.08. The molecule has 2 atom stereocenters. The van der Waals surface area contributed by atoms with Crippen molar-refractivity contribution >= 4 is 11.9 Å². The Morgan fingerprint density at radius 3 is 2.39 bits per heavy atom. The van der Waals surface area contributed by atoms with Gasteiger partial charge in [-0.25, -0.2) is 4.79 Å². The Labute approximate surface area is 108 Å². The van der Waals surface area contributed by atoms with Gasteiger partial charge in [0.15, 0.2) is 0 Å². The molecule has 1 rings (SSSR count). The highest BCUT2D eigenvalue weighted by atomic mass is 16.4. The molecule has 1 saturated heterocycles. The summed E-state index contributed by atoms with van der Waals surface area (Å²) in [5.41, 5.74) is 5.60. The lowest BCUT2D eigenvalue weighted by Crippen LogP contribution is -2.55. The molecule has 5 heteroatoms. The molecule has 0 aromatic heterocycles. The molecule has 18 heavy (non-hydrogen) atoms.